The van der Waals surface area contributed by atoms with Crippen molar-refractivity contribution in [2.45, 2.75) is 20.1 Å². The average Bonchev–Trinajstić information content (AvgIpc) is 2.99. The number of fused-ring (bicyclic) bond motifs is 1. The van der Waals surface area contributed by atoms with Gasteiger partial charge in [-0.3, -0.25) is 19.3 Å². The number of amides is 2. The van der Waals surface area contributed by atoms with E-state index in [-0.39, 0.29) is 42.1 Å². The highest BCUT2D eigenvalue weighted by Gasteiger charge is 2.30. The number of esters is 1. The van der Waals surface area contributed by atoms with E-state index in [9.17, 15) is 14.4 Å². The Morgan fingerprint density at radius 1 is 0.971 bits per heavy atom. The first-order valence-corrected chi connectivity index (χ1v) is 11.6. The first-order chi connectivity index (χ1) is 16.9. The van der Waals surface area contributed by atoms with E-state index >= 15 is 0 Å². The second-order valence-corrected chi connectivity index (χ2v) is 8.50. The largest absolute Gasteiger partial charge is 0.489 e. The summed E-state index contributed by atoms with van der Waals surface area (Å²) in [5, 5.41) is 0.237. The number of carbonyl (C=O) groups is 3. The van der Waals surface area contributed by atoms with Crippen LogP contribution in [0.1, 0.15) is 28.4 Å². The molecule has 0 N–H and O–H groups in total. The van der Waals surface area contributed by atoms with Crippen molar-refractivity contribution in [1.29, 1.82) is 0 Å². The molecule has 35 heavy (non-hydrogen) atoms. The van der Waals surface area contributed by atoms with Crippen LogP contribution in [0.15, 0.2) is 72.8 Å². The third-order valence-electron chi connectivity index (χ3n) is 5.62. The van der Waals surface area contributed by atoms with Gasteiger partial charge in [-0.25, -0.2) is 0 Å². The van der Waals surface area contributed by atoms with Gasteiger partial charge in [-0.2, -0.15) is 0 Å². The summed E-state index contributed by atoms with van der Waals surface area (Å²) in [6.07, 6.45) is 0. The van der Waals surface area contributed by atoms with Gasteiger partial charge in [-0.15, -0.1) is 0 Å². The van der Waals surface area contributed by atoms with Gasteiger partial charge in [0.15, 0.2) is 0 Å². The monoisotopic (exact) mass is 492 g/mol. The minimum atomic E-state index is -0.407. The van der Waals surface area contributed by atoms with Crippen LogP contribution in [-0.2, 0) is 27.5 Å². The van der Waals surface area contributed by atoms with Crippen LogP contribution in [0.5, 0.6) is 5.75 Å². The van der Waals surface area contributed by atoms with Gasteiger partial charge in [0, 0.05) is 19.2 Å². The summed E-state index contributed by atoms with van der Waals surface area (Å²) >= 11 is 6.49. The molecule has 0 aromatic heterocycles. The van der Waals surface area contributed by atoms with E-state index in [4.69, 9.17) is 21.1 Å². The molecule has 3 aromatic rings. The SMILES string of the molecule is CC(=O)OCCN1Cc2ccccc2N(C(=O)c2ccc(OCc3ccccc3)cc2Cl)CC1=O. The van der Waals surface area contributed by atoms with Crippen molar-refractivity contribution < 1.29 is 23.9 Å². The highest BCUT2D eigenvalue weighted by Crippen LogP contribution is 2.30. The van der Waals surface area contributed by atoms with Crippen molar-refractivity contribution in [3.8, 4) is 5.75 Å². The van der Waals surface area contributed by atoms with Gasteiger partial charge in [-0.05, 0) is 35.4 Å². The van der Waals surface area contributed by atoms with Crippen LogP contribution in [0.25, 0.3) is 0 Å². The predicted octanol–water partition coefficient (Wildman–Crippen LogP) is 4.47. The lowest BCUT2D eigenvalue weighted by atomic mass is 10.1. The van der Waals surface area contributed by atoms with E-state index < -0.39 is 5.97 Å². The molecule has 4 rings (SSSR count). The molecule has 180 valence electrons. The Morgan fingerprint density at radius 3 is 2.46 bits per heavy atom. The molecule has 0 fully saturated rings. The fourth-order valence-electron chi connectivity index (χ4n) is 3.85. The molecule has 2 amide bonds. The zero-order valence-electron chi connectivity index (χ0n) is 19.3. The van der Waals surface area contributed by atoms with E-state index in [2.05, 4.69) is 0 Å². The molecule has 0 bridgehead atoms. The number of benzene rings is 3. The first-order valence-electron chi connectivity index (χ1n) is 11.2. The lowest BCUT2D eigenvalue weighted by Crippen LogP contribution is -2.41. The number of halogens is 1. The van der Waals surface area contributed by atoms with Crippen molar-refractivity contribution >= 4 is 35.1 Å². The van der Waals surface area contributed by atoms with Crippen LogP contribution in [0, 0.1) is 0 Å². The highest BCUT2D eigenvalue weighted by atomic mass is 35.5. The van der Waals surface area contributed by atoms with Gasteiger partial charge in [0.2, 0.25) is 5.91 Å². The molecule has 1 heterocycles. The summed E-state index contributed by atoms with van der Waals surface area (Å²) < 4.78 is 10.8. The molecule has 1 aliphatic rings. The summed E-state index contributed by atoms with van der Waals surface area (Å²) in [5.74, 6) is -0.498. The number of hydrogen-bond acceptors (Lipinski definition) is 5. The maximum atomic E-state index is 13.5. The number of hydrogen-bond donors (Lipinski definition) is 0. The van der Waals surface area contributed by atoms with Gasteiger partial charge in [0.25, 0.3) is 5.91 Å². The van der Waals surface area contributed by atoms with Crippen molar-refractivity contribution in [3.05, 3.63) is 94.5 Å². The van der Waals surface area contributed by atoms with E-state index in [1.165, 1.54) is 11.8 Å². The number of para-hydroxylation sites is 1. The summed E-state index contributed by atoms with van der Waals surface area (Å²) in [7, 11) is 0. The molecule has 0 unspecified atom stereocenters. The first kappa shape index (κ1) is 24.3. The van der Waals surface area contributed by atoms with Crippen LogP contribution in [0.4, 0.5) is 5.69 Å². The van der Waals surface area contributed by atoms with Crippen molar-refractivity contribution in [1.82, 2.24) is 4.90 Å². The van der Waals surface area contributed by atoms with E-state index in [0.29, 0.717) is 24.6 Å². The molecule has 0 saturated heterocycles. The molecule has 0 atom stereocenters. The van der Waals surface area contributed by atoms with Crippen LogP contribution in [0.2, 0.25) is 5.02 Å². The van der Waals surface area contributed by atoms with Gasteiger partial charge in [-0.1, -0.05) is 60.1 Å². The van der Waals surface area contributed by atoms with Crippen LogP contribution >= 0.6 is 11.6 Å². The molecule has 7 nitrogen and oxygen atoms in total. The maximum Gasteiger partial charge on any atom is 0.302 e. The smallest absolute Gasteiger partial charge is 0.302 e. The number of nitrogens with zero attached hydrogens (tertiary/aromatic N) is 2. The Balaban J connectivity index is 1.53. The number of anilines is 1. The van der Waals surface area contributed by atoms with E-state index in [1.54, 1.807) is 29.2 Å². The Hall–Kier alpha value is -3.84. The highest BCUT2D eigenvalue weighted by molar-refractivity contribution is 6.34. The van der Waals surface area contributed by atoms with Crippen molar-refractivity contribution in [2.24, 2.45) is 0 Å². The summed E-state index contributed by atoms with van der Waals surface area (Å²) in [5.41, 5.74) is 2.74. The molecule has 8 heteroatoms. The van der Waals surface area contributed by atoms with E-state index in [0.717, 1.165) is 11.1 Å². The standard InChI is InChI=1S/C27H25ClN2O5/c1-19(31)34-14-13-29-16-21-9-5-6-10-25(21)30(17-26(29)32)27(33)23-12-11-22(15-24(23)28)35-18-20-7-3-2-4-8-20/h2-12,15H,13-14,16-18H2,1H3. The van der Waals surface area contributed by atoms with E-state index in [1.807, 2.05) is 48.5 Å². The Kier molecular flexibility index (Phi) is 7.67. The molecule has 1 aliphatic heterocycles. The topological polar surface area (TPSA) is 76.2 Å². The fourth-order valence-corrected chi connectivity index (χ4v) is 4.10. The number of carbonyl (C=O) groups excluding carboxylic acids is 3. The van der Waals surface area contributed by atoms with Gasteiger partial charge in [0.1, 0.15) is 25.5 Å². The molecule has 0 saturated carbocycles. The maximum absolute atomic E-state index is 13.5. The zero-order valence-corrected chi connectivity index (χ0v) is 20.0. The lowest BCUT2D eigenvalue weighted by Gasteiger charge is -2.23. The third kappa shape index (κ3) is 6.00. The second kappa shape index (κ2) is 11.1. The molecule has 0 radical (unpaired) electrons. The predicted molar refractivity (Wildman–Crippen MR) is 132 cm³/mol. The average molecular weight is 493 g/mol. The zero-order chi connectivity index (χ0) is 24.8. The fraction of sp³-hybridized carbons (Fsp3) is 0.222. The molecular formula is C27H25ClN2O5. The molecule has 0 spiro atoms. The molecule has 0 aliphatic carbocycles. The molecular weight excluding hydrogens is 468 g/mol. The van der Waals surface area contributed by atoms with Crippen molar-refractivity contribution in [2.75, 3.05) is 24.6 Å². The minimum absolute atomic E-state index is 0.0907. The Labute approximate surface area is 208 Å². The van der Waals surface area contributed by atoms with Crippen LogP contribution in [0.3, 0.4) is 0 Å². The summed E-state index contributed by atoms with van der Waals surface area (Å²) in [6, 6.07) is 22.0. The summed E-state index contributed by atoms with van der Waals surface area (Å²) in [6.45, 7) is 2.18. The van der Waals surface area contributed by atoms with Crippen LogP contribution in [-0.4, -0.2) is 42.4 Å². The summed E-state index contributed by atoms with van der Waals surface area (Å²) in [4.78, 5) is 40.7. The van der Waals surface area contributed by atoms with Gasteiger partial charge in [0.05, 0.1) is 17.1 Å². The van der Waals surface area contributed by atoms with Crippen LogP contribution < -0.4 is 9.64 Å². The van der Waals surface area contributed by atoms with Crippen molar-refractivity contribution in [3.63, 3.8) is 0 Å². The third-order valence-corrected chi connectivity index (χ3v) is 5.93. The normalized spacial score (nSPS) is 13.1. The number of ether oxygens (including phenoxy) is 2. The molecule has 3 aromatic carbocycles. The number of rotatable bonds is 7. The quantitative estimate of drug-likeness (QED) is 0.455. The van der Waals surface area contributed by atoms with Gasteiger partial charge >= 0.3 is 5.97 Å². The minimum Gasteiger partial charge on any atom is -0.489 e. The Bertz CT molecular complexity index is 1230. The Morgan fingerprint density at radius 2 is 1.71 bits per heavy atom. The second-order valence-electron chi connectivity index (χ2n) is 8.09. The lowest BCUT2D eigenvalue weighted by molar-refractivity contribution is -0.143. The van der Waals surface area contributed by atoms with Gasteiger partial charge < -0.3 is 14.4 Å².